The second-order valence-corrected chi connectivity index (χ2v) is 4.96. The number of methoxy groups -OCH3 is 1. The zero-order valence-corrected chi connectivity index (χ0v) is 11.0. The van der Waals surface area contributed by atoms with Gasteiger partial charge in [-0.3, -0.25) is 0 Å². The molecule has 2 heteroatoms. The highest BCUT2D eigenvalue weighted by Crippen LogP contribution is 2.32. The maximum atomic E-state index is 6.08. The Kier molecular flexibility index (Phi) is 4.06. The summed E-state index contributed by atoms with van der Waals surface area (Å²) in [5, 5.41) is 0. The summed E-state index contributed by atoms with van der Waals surface area (Å²) in [5.74, 6) is 1.06. The van der Waals surface area contributed by atoms with Crippen molar-refractivity contribution in [1.29, 1.82) is 0 Å². The van der Waals surface area contributed by atoms with Gasteiger partial charge in [0.1, 0.15) is 5.75 Å². The minimum Gasteiger partial charge on any atom is -0.496 e. The highest BCUT2D eigenvalue weighted by molar-refractivity contribution is 5.46. The molecule has 2 nitrogen and oxygen atoms in total. The molecule has 0 saturated heterocycles. The van der Waals surface area contributed by atoms with Crippen LogP contribution in [0.5, 0.6) is 5.75 Å². The van der Waals surface area contributed by atoms with Crippen molar-refractivity contribution in [3.8, 4) is 5.75 Å². The van der Waals surface area contributed by atoms with E-state index in [1.54, 1.807) is 7.11 Å². The summed E-state index contributed by atoms with van der Waals surface area (Å²) in [6.45, 7) is 2.15. The largest absolute Gasteiger partial charge is 0.496 e. The van der Waals surface area contributed by atoms with Crippen molar-refractivity contribution in [1.82, 2.24) is 0 Å². The predicted octanol–water partition coefficient (Wildman–Crippen LogP) is 2.85. The monoisotopic (exact) mass is 233 g/mol. The minimum absolute atomic E-state index is 0.287. The van der Waals surface area contributed by atoms with Gasteiger partial charge in [0, 0.05) is 6.04 Å². The number of nitrogens with two attached hydrogens (primary N) is 1. The number of hydrogen-bond acceptors (Lipinski definition) is 2. The summed E-state index contributed by atoms with van der Waals surface area (Å²) in [6, 6.07) is 4.61. The normalized spacial score (nSPS) is 16.4. The number of rotatable bonds is 4. The van der Waals surface area contributed by atoms with Gasteiger partial charge in [0.2, 0.25) is 0 Å². The number of ether oxygens (including phenoxy) is 1. The summed E-state index contributed by atoms with van der Waals surface area (Å²) in [6.07, 6.45) is 6.98. The van der Waals surface area contributed by atoms with Gasteiger partial charge in [-0.15, -0.1) is 0 Å². The number of hydrogen-bond donors (Lipinski definition) is 1. The Morgan fingerprint density at radius 3 is 2.59 bits per heavy atom. The molecular weight excluding hydrogens is 210 g/mol. The summed E-state index contributed by atoms with van der Waals surface area (Å²) >= 11 is 0. The molecule has 2 N–H and O–H groups in total. The van der Waals surface area contributed by atoms with E-state index < -0.39 is 0 Å². The third-order valence-electron chi connectivity index (χ3n) is 3.82. The van der Waals surface area contributed by atoms with Gasteiger partial charge in [-0.2, -0.15) is 0 Å². The van der Waals surface area contributed by atoms with Crippen molar-refractivity contribution in [2.45, 2.75) is 51.5 Å². The molecule has 0 heterocycles. The van der Waals surface area contributed by atoms with Crippen molar-refractivity contribution < 1.29 is 4.74 Å². The van der Waals surface area contributed by atoms with Crippen molar-refractivity contribution in [2.75, 3.05) is 7.11 Å². The highest BCUT2D eigenvalue weighted by Gasteiger charge is 2.18. The van der Waals surface area contributed by atoms with Gasteiger partial charge in [0.15, 0.2) is 0 Å². The Balaban J connectivity index is 2.33. The Labute approximate surface area is 104 Å². The first-order valence-corrected chi connectivity index (χ1v) is 6.69. The first-order valence-electron chi connectivity index (χ1n) is 6.69. The quantitative estimate of drug-likeness (QED) is 0.868. The van der Waals surface area contributed by atoms with Crippen LogP contribution in [0.25, 0.3) is 0 Å². The standard InChI is InChI=1S/C15H23NO/c1-3-12(16)10-11-8-9-15(17-2)14-7-5-4-6-13(11)14/h8-9,12H,3-7,10,16H2,1-2H3. The molecular formula is C15H23NO. The molecule has 1 unspecified atom stereocenters. The first-order chi connectivity index (χ1) is 8.26. The maximum absolute atomic E-state index is 6.08. The predicted molar refractivity (Wildman–Crippen MR) is 71.6 cm³/mol. The maximum Gasteiger partial charge on any atom is 0.122 e. The van der Waals surface area contributed by atoms with Gasteiger partial charge in [-0.1, -0.05) is 13.0 Å². The fourth-order valence-electron chi connectivity index (χ4n) is 2.72. The van der Waals surface area contributed by atoms with E-state index in [1.807, 2.05) is 0 Å². The van der Waals surface area contributed by atoms with E-state index in [0.717, 1.165) is 25.0 Å². The molecule has 2 rings (SSSR count). The summed E-state index contributed by atoms with van der Waals surface area (Å²) < 4.78 is 5.47. The molecule has 17 heavy (non-hydrogen) atoms. The van der Waals surface area contributed by atoms with Crippen LogP contribution in [0.2, 0.25) is 0 Å². The van der Waals surface area contributed by atoms with Gasteiger partial charge >= 0.3 is 0 Å². The van der Waals surface area contributed by atoms with Gasteiger partial charge in [0.25, 0.3) is 0 Å². The van der Waals surface area contributed by atoms with E-state index in [-0.39, 0.29) is 6.04 Å². The number of benzene rings is 1. The van der Waals surface area contributed by atoms with Crippen molar-refractivity contribution in [2.24, 2.45) is 5.73 Å². The van der Waals surface area contributed by atoms with Gasteiger partial charge in [0.05, 0.1) is 7.11 Å². The van der Waals surface area contributed by atoms with E-state index in [0.29, 0.717) is 0 Å². The topological polar surface area (TPSA) is 35.2 Å². The molecule has 1 aromatic carbocycles. The lowest BCUT2D eigenvalue weighted by atomic mass is 9.85. The second-order valence-electron chi connectivity index (χ2n) is 4.96. The zero-order valence-electron chi connectivity index (χ0n) is 11.0. The summed E-state index contributed by atoms with van der Waals surface area (Å²) in [4.78, 5) is 0. The van der Waals surface area contributed by atoms with E-state index in [4.69, 9.17) is 10.5 Å². The second kappa shape index (κ2) is 5.54. The van der Waals surface area contributed by atoms with Gasteiger partial charge in [-0.25, -0.2) is 0 Å². The molecule has 1 aromatic rings. The third-order valence-corrected chi connectivity index (χ3v) is 3.82. The van der Waals surface area contributed by atoms with Gasteiger partial charge < -0.3 is 10.5 Å². The molecule has 0 amide bonds. The van der Waals surface area contributed by atoms with E-state index in [9.17, 15) is 0 Å². The van der Waals surface area contributed by atoms with Crippen LogP contribution in [0.15, 0.2) is 12.1 Å². The van der Waals surface area contributed by atoms with Crippen LogP contribution in [0.3, 0.4) is 0 Å². The Morgan fingerprint density at radius 2 is 1.94 bits per heavy atom. The van der Waals surface area contributed by atoms with E-state index in [1.165, 1.54) is 36.0 Å². The highest BCUT2D eigenvalue weighted by atomic mass is 16.5. The molecule has 0 saturated carbocycles. The Hall–Kier alpha value is -1.02. The van der Waals surface area contributed by atoms with Crippen LogP contribution >= 0.6 is 0 Å². The molecule has 0 aromatic heterocycles. The fourth-order valence-corrected chi connectivity index (χ4v) is 2.72. The Morgan fingerprint density at radius 1 is 1.24 bits per heavy atom. The lowest BCUT2D eigenvalue weighted by Gasteiger charge is -2.23. The molecule has 0 bridgehead atoms. The first kappa shape index (κ1) is 12.4. The molecule has 94 valence electrons. The lowest BCUT2D eigenvalue weighted by Crippen LogP contribution is -2.23. The van der Waals surface area contributed by atoms with Crippen LogP contribution in [-0.4, -0.2) is 13.2 Å². The fraction of sp³-hybridized carbons (Fsp3) is 0.600. The number of fused-ring (bicyclic) bond motifs is 1. The average Bonchev–Trinajstić information content (AvgIpc) is 2.39. The zero-order chi connectivity index (χ0) is 12.3. The average molecular weight is 233 g/mol. The Bertz CT molecular complexity index is 387. The van der Waals surface area contributed by atoms with Crippen LogP contribution in [-0.2, 0) is 19.3 Å². The smallest absolute Gasteiger partial charge is 0.122 e. The van der Waals surface area contributed by atoms with Crippen molar-refractivity contribution >= 4 is 0 Å². The molecule has 1 aliphatic rings. The molecule has 0 fully saturated rings. The van der Waals surface area contributed by atoms with E-state index in [2.05, 4.69) is 19.1 Å². The molecule has 0 aliphatic heterocycles. The summed E-state index contributed by atoms with van der Waals surface area (Å²) in [7, 11) is 1.77. The molecule has 1 aliphatic carbocycles. The van der Waals surface area contributed by atoms with Crippen LogP contribution in [0.1, 0.15) is 42.9 Å². The van der Waals surface area contributed by atoms with Crippen LogP contribution in [0.4, 0.5) is 0 Å². The third kappa shape index (κ3) is 2.63. The summed E-state index contributed by atoms with van der Waals surface area (Å²) in [5.41, 5.74) is 10.5. The van der Waals surface area contributed by atoms with Crippen LogP contribution in [0, 0.1) is 0 Å². The van der Waals surface area contributed by atoms with Crippen LogP contribution < -0.4 is 10.5 Å². The van der Waals surface area contributed by atoms with Gasteiger partial charge in [-0.05, 0) is 61.3 Å². The molecule has 0 radical (unpaired) electrons. The SMILES string of the molecule is CCC(N)Cc1ccc(OC)c2c1CCCC2. The van der Waals surface area contributed by atoms with E-state index >= 15 is 0 Å². The van der Waals surface area contributed by atoms with Crippen molar-refractivity contribution in [3.05, 3.63) is 28.8 Å². The molecule has 0 spiro atoms. The minimum atomic E-state index is 0.287. The molecule has 1 atom stereocenters. The lowest BCUT2D eigenvalue weighted by molar-refractivity contribution is 0.405. The van der Waals surface area contributed by atoms with Crippen molar-refractivity contribution in [3.63, 3.8) is 0 Å².